The Morgan fingerprint density at radius 1 is 1.26 bits per heavy atom. The van der Waals surface area contributed by atoms with Crippen molar-refractivity contribution >= 4 is 45.6 Å². The molecule has 0 bridgehead atoms. The fraction of sp³-hybridized carbons (Fsp3) is 0.208. The molecule has 2 aliphatic rings. The van der Waals surface area contributed by atoms with Crippen LogP contribution in [0.25, 0.3) is 0 Å². The van der Waals surface area contributed by atoms with E-state index in [2.05, 4.69) is 21.6 Å². The lowest BCUT2D eigenvalue weighted by Gasteiger charge is -2.37. The third-order valence-electron chi connectivity index (χ3n) is 5.71. The van der Waals surface area contributed by atoms with Crippen LogP contribution in [0, 0.1) is 11.3 Å². The van der Waals surface area contributed by atoms with Gasteiger partial charge in [0.15, 0.2) is 10.1 Å². The SMILES string of the molecule is N#CC1=C(N)N(c2nnc(SCC(=O)Nc3ccccc3)s2)C2=C(C(=O)CCC2)C1c1ccco1. The molecule has 9 nitrogen and oxygen atoms in total. The number of nitrogens with one attached hydrogen (secondary N) is 1. The van der Waals surface area contributed by atoms with Crippen LogP contribution >= 0.6 is 23.1 Å². The summed E-state index contributed by atoms with van der Waals surface area (Å²) in [6.07, 6.45) is 3.20. The number of aromatic nitrogens is 2. The Balaban J connectivity index is 1.41. The van der Waals surface area contributed by atoms with Gasteiger partial charge in [0, 0.05) is 23.4 Å². The molecule has 1 atom stereocenters. The van der Waals surface area contributed by atoms with Gasteiger partial charge in [-0.1, -0.05) is 41.3 Å². The summed E-state index contributed by atoms with van der Waals surface area (Å²) in [6, 6.07) is 14.9. The Morgan fingerprint density at radius 2 is 2.09 bits per heavy atom. The van der Waals surface area contributed by atoms with Gasteiger partial charge in [-0.05, 0) is 37.1 Å². The molecule has 35 heavy (non-hydrogen) atoms. The first-order valence-corrected chi connectivity index (χ1v) is 12.7. The lowest BCUT2D eigenvalue weighted by Crippen LogP contribution is -2.38. The topological polar surface area (TPSA) is 138 Å². The van der Waals surface area contributed by atoms with Gasteiger partial charge in [0.1, 0.15) is 11.6 Å². The van der Waals surface area contributed by atoms with Gasteiger partial charge in [0.05, 0.1) is 29.6 Å². The summed E-state index contributed by atoms with van der Waals surface area (Å²) in [7, 11) is 0. The van der Waals surface area contributed by atoms with E-state index in [0.29, 0.717) is 45.8 Å². The van der Waals surface area contributed by atoms with Crippen molar-refractivity contribution in [3.8, 4) is 6.07 Å². The summed E-state index contributed by atoms with van der Waals surface area (Å²) in [5.74, 6) is 0.0331. The van der Waals surface area contributed by atoms with Crippen LogP contribution in [0.4, 0.5) is 10.8 Å². The number of nitrogens with zero attached hydrogens (tertiary/aromatic N) is 4. The molecule has 0 saturated carbocycles. The van der Waals surface area contributed by atoms with Crippen molar-refractivity contribution in [1.82, 2.24) is 10.2 Å². The average molecular weight is 505 g/mol. The third-order valence-corrected chi connectivity index (χ3v) is 7.75. The second kappa shape index (κ2) is 9.77. The Hall–Kier alpha value is -3.88. The normalized spacial score (nSPS) is 17.9. The maximum atomic E-state index is 13.0. The number of para-hydroxylation sites is 1. The molecular weight excluding hydrogens is 484 g/mol. The zero-order valence-electron chi connectivity index (χ0n) is 18.4. The molecule has 1 aliphatic heterocycles. The van der Waals surface area contributed by atoms with Crippen LogP contribution in [0.1, 0.15) is 30.9 Å². The van der Waals surface area contributed by atoms with Gasteiger partial charge in [-0.15, -0.1) is 10.2 Å². The van der Waals surface area contributed by atoms with Crippen molar-refractivity contribution < 1.29 is 14.0 Å². The minimum absolute atomic E-state index is 0.0328. The zero-order valence-corrected chi connectivity index (χ0v) is 20.1. The molecule has 1 aliphatic carbocycles. The van der Waals surface area contributed by atoms with Gasteiger partial charge in [0.25, 0.3) is 0 Å². The number of benzene rings is 1. The van der Waals surface area contributed by atoms with Crippen LogP contribution in [0.5, 0.6) is 0 Å². The van der Waals surface area contributed by atoms with E-state index < -0.39 is 5.92 Å². The van der Waals surface area contributed by atoms with Crippen LogP contribution in [-0.2, 0) is 9.59 Å². The minimum atomic E-state index is -0.641. The van der Waals surface area contributed by atoms with Crippen LogP contribution in [0.3, 0.4) is 0 Å². The number of anilines is 2. The average Bonchev–Trinajstić information content (AvgIpc) is 3.55. The number of thioether (sulfide) groups is 1. The van der Waals surface area contributed by atoms with E-state index in [1.54, 1.807) is 17.0 Å². The number of hydrogen-bond donors (Lipinski definition) is 2. The van der Waals surface area contributed by atoms with E-state index in [0.717, 1.165) is 5.69 Å². The fourth-order valence-corrected chi connectivity index (χ4v) is 5.92. The Labute approximate surface area is 209 Å². The number of ketones is 1. The molecule has 0 fully saturated rings. The number of carbonyl (C=O) groups excluding carboxylic acids is 2. The van der Waals surface area contributed by atoms with Crippen LogP contribution in [-0.4, -0.2) is 27.6 Å². The molecule has 1 aromatic carbocycles. The van der Waals surface area contributed by atoms with Crippen molar-refractivity contribution in [1.29, 1.82) is 5.26 Å². The maximum Gasteiger partial charge on any atom is 0.234 e. The number of rotatable bonds is 6. The van der Waals surface area contributed by atoms with Crippen LogP contribution in [0.2, 0.25) is 0 Å². The fourth-order valence-electron chi connectivity index (χ4n) is 4.24. The predicted molar refractivity (Wildman–Crippen MR) is 132 cm³/mol. The summed E-state index contributed by atoms with van der Waals surface area (Å²) in [6.45, 7) is 0. The van der Waals surface area contributed by atoms with Crippen LogP contribution < -0.4 is 16.0 Å². The third kappa shape index (κ3) is 4.45. The van der Waals surface area contributed by atoms with E-state index in [1.165, 1.54) is 29.4 Å². The summed E-state index contributed by atoms with van der Waals surface area (Å²) in [5.41, 5.74) is 8.69. The highest BCUT2D eigenvalue weighted by molar-refractivity contribution is 8.01. The monoisotopic (exact) mass is 504 g/mol. The van der Waals surface area contributed by atoms with E-state index in [-0.39, 0.29) is 28.8 Å². The maximum absolute atomic E-state index is 13.0. The summed E-state index contributed by atoms with van der Waals surface area (Å²) in [5, 5.41) is 21.7. The van der Waals surface area contributed by atoms with Gasteiger partial charge < -0.3 is 15.5 Å². The first kappa shape index (κ1) is 22.9. The Kier molecular flexibility index (Phi) is 6.39. The summed E-state index contributed by atoms with van der Waals surface area (Å²) < 4.78 is 6.16. The minimum Gasteiger partial charge on any atom is -0.468 e. The number of hydrogen-bond acceptors (Lipinski definition) is 10. The number of furan rings is 1. The van der Waals surface area contributed by atoms with Crippen molar-refractivity contribution in [2.45, 2.75) is 29.5 Å². The smallest absolute Gasteiger partial charge is 0.234 e. The van der Waals surface area contributed by atoms with E-state index in [1.807, 2.05) is 30.3 Å². The second-order valence-electron chi connectivity index (χ2n) is 7.89. The molecular formula is C24H20N6O3S2. The predicted octanol–water partition coefficient (Wildman–Crippen LogP) is 4.17. The quantitative estimate of drug-likeness (QED) is 0.474. The highest BCUT2D eigenvalue weighted by atomic mass is 32.2. The lowest BCUT2D eigenvalue weighted by molar-refractivity contribution is -0.116. The largest absolute Gasteiger partial charge is 0.468 e. The molecule has 0 radical (unpaired) electrons. The highest BCUT2D eigenvalue weighted by Gasteiger charge is 2.42. The zero-order chi connectivity index (χ0) is 24.4. The Bertz CT molecular complexity index is 1370. The molecule has 3 N–H and O–H groups in total. The summed E-state index contributed by atoms with van der Waals surface area (Å²) >= 11 is 2.51. The number of nitrogens with two attached hydrogens (primary N) is 1. The molecule has 1 amide bonds. The molecule has 0 saturated heterocycles. The molecule has 0 spiro atoms. The van der Waals surface area contributed by atoms with Gasteiger partial charge in [0.2, 0.25) is 11.0 Å². The first-order chi connectivity index (χ1) is 17.1. The number of allylic oxidation sites excluding steroid dienone is 3. The van der Waals surface area contributed by atoms with Gasteiger partial charge in [-0.2, -0.15) is 5.26 Å². The second-order valence-corrected chi connectivity index (χ2v) is 10.1. The van der Waals surface area contributed by atoms with Crippen molar-refractivity contribution in [2.24, 2.45) is 5.73 Å². The van der Waals surface area contributed by atoms with Crippen molar-refractivity contribution in [3.63, 3.8) is 0 Å². The van der Waals surface area contributed by atoms with Gasteiger partial charge in [-0.25, -0.2) is 0 Å². The lowest BCUT2D eigenvalue weighted by atomic mass is 9.78. The van der Waals surface area contributed by atoms with E-state index >= 15 is 0 Å². The number of amides is 1. The molecule has 5 rings (SSSR count). The number of Topliss-reactive ketones (excluding diaryl/α,β-unsaturated/α-hetero) is 1. The van der Waals surface area contributed by atoms with Crippen molar-refractivity contribution in [2.75, 3.05) is 16.0 Å². The molecule has 176 valence electrons. The molecule has 3 aromatic rings. The number of carbonyl (C=O) groups is 2. The summed E-state index contributed by atoms with van der Waals surface area (Å²) in [4.78, 5) is 27.0. The number of nitriles is 1. The molecule has 3 heterocycles. The van der Waals surface area contributed by atoms with Crippen molar-refractivity contribution in [3.05, 3.63) is 77.2 Å². The molecule has 1 unspecified atom stereocenters. The first-order valence-electron chi connectivity index (χ1n) is 10.9. The van der Waals surface area contributed by atoms with Crippen LogP contribution in [0.15, 0.2) is 80.1 Å². The highest BCUT2D eigenvalue weighted by Crippen LogP contribution is 2.47. The van der Waals surface area contributed by atoms with E-state index in [9.17, 15) is 14.9 Å². The van der Waals surface area contributed by atoms with E-state index in [4.69, 9.17) is 10.2 Å². The van der Waals surface area contributed by atoms with Gasteiger partial charge >= 0.3 is 0 Å². The standard InChI is InChI=1S/C24H20N6O3S2/c25-12-15-20(18-10-5-11-33-18)21-16(8-4-9-17(21)31)30(22(15)26)23-28-29-24(35-23)34-13-19(32)27-14-6-2-1-3-7-14/h1-3,5-7,10-11,20H,4,8-9,13,26H2,(H,27,32). The molecule has 2 aromatic heterocycles. The Morgan fingerprint density at radius 3 is 2.83 bits per heavy atom. The molecule has 11 heteroatoms. The van der Waals surface area contributed by atoms with Gasteiger partial charge in [-0.3, -0.25) is 14.5 Å².